The van der Waals surface area contributed by atoms with Gasteiger partial charge in [-0.05, 0) is 18.9 Å². The summed E-state index contributed by atoms with van der Waals surface area (Å²) in [5.74, 6) is -0.477. The van der Waals surface area contributed by atoms with Gasteiger partial charge in [0, 0.05) is 32.7 Å². The first-order valence-electron chi connectivity index (χ1n) is 8.60. The number of piperazine rings is 1. The molecule has 1 aromatic carbocycles. The van der Waals surface area contributed by atoms with Crippen LogP contribution in [0, 0.1) is 0 Å². The molecule has 3 amide bonds. The van der Waals surface area contributed by atoms with E-state index < -0.39 is 0 Å². The van der Waals surface area contributed by atoms with Crippen LogP contribution in [0.4, 0.5) is 4.79 Å². The molecule has 1 fully saturated rings. The molecule has 7 nitrogen and oxygen atoms in total. The van der Waals surface area contributed by atoms with Crippen molar-refractivity contribution < 1.29 is 19.1 Å². The molecule has 1 saturated heterocycles. The zero-order chi connectivity index (χ0) is 18.1. The number of rotatable bonds is 6. The Morgan fingerprint density at radius 1 is 1.04 bits per heavy atom. The van der Waals surface area contributed by atoms with Crippen molar-refractivity contribution >= 4 is 17.9 Å². The molecular weight excluding hydrogens is 322 g/mol. The van der Waals surface area contributed by atoms with Crippen molar-refractivity contribution in [2.24, 2.45) is 0 Å². The van der Waals surface area contributed by atoms with Gasteiger partial charge in [-0.2, -0.15) is 0 Å². The summed E-state index contributed by atoms with van der Waals surface area (Å²) in [7, 11) is 0. The Labute approximate surface area is 147 Å². The van der Waals surface area contributed by atoms with E-state index in [1.165, 1.54) is 0 Å². The fourth-order valence-corrected chi connectivity index (χ4v) is 2.66. The minimum atomic E-state index is -0.353. The Kier molecular flexibility index (Phi) is 7.25. The van der Waals surface area contributed by atoms with Crippen LogP contribution in [0.25, 0.3) is 0 Å². The molecule has 0 bridgehead atoms. The summed E-state index contributed by atoms with van der Waals surface area (Å²) in [6.45, 7) is 4.31. The lowest BCUT2D eigenvalue weighted by molar-refractivity contribution is -0.137. The molecule has 2 rings (SSSR count). The van der Waals surface area contributed by atoms with E-state index in [1.54, 1.807) is 16.7 Å². The van der Waals surface area contributed by atoms with Gasteiger partial charge >= 0.3 is 6.09 Å². The molecule has 0 atom stereocenters. The van der Waals surface area contributed by atoms with Crippen LogP contribution in [-0.2, 0) is 20.7 Å². The number of carbonyl (C=O) groups is 3. The summed E-state index contributed by atoms with van der Waals surface area (Å²) in [4.78, 5) is 38.9. The standard InChI is InChI=1S/C18H25N3O4/c1-2-25-18(24)21-12-10-20(11-13-21)17(23)14-16(22)19-9-8-15-6-4-3-5-7-15/h3-7H,2,8-14H2,1H3,(H,19,22). The summed E-state index contributed by atoms with van der Waals surface area (Å²) in [5.41, 5.74) is 1.14. The van der Waals surface area contributed by atoms with Crippen molar-refractivity contribution in [3.8, 4) is 0 Å². The minimum absolute atomic E-state index is 0.159. The second-order valence-corrected chi connectivity index (χ2v) is 5.83. The largest absolute Gasteiger partial charge is 0.450 e. The number of nitrogens with one attached hydrogen (secondary N) is 1. The predicted molar refractivity (Wildman–Crippen MR) is 92.9 cm³/mol. The molecule has 0 saturated carbocycles. The fourth-order valence-electron chi connectivity index (χ4n) is 2.66. The molecule has 1 heterocycles. The number of nitrogens with zero attached hydrogens (tertiary/aromatic N) is 2. The highest BCUT2D eigenvalue weighted by Crippen LogP contribution is 2.06. The Morgan fingerprint density at radius 2 is 1.68 bits per heavy atom. The van der Waals surface area contributed by atoms with Gasteiger partial charge < -0.3 is 19.9 Å². The average molecular weight is 347 g/mol. The van der Waals surface area contributed by atoms with E-state index in [4.69, 9.17) is 4.74 Å². The van der Waals surface area contributed by atoms with Gasteiger partial charge in [-0.3, -0.25) is 9.59 Å². The molecule has 1 aliphatic rings. The Balaban J connectivity index is 1.66. The third kappa shape index (κ3) is 6.10. The number of hydrogen-bond acceptors (Lipinski definition) is 4. The molecule has 0 aromatic heterocycles. The first-order chi connectivity index (χ1) is 12.1. The normalized spacial score (nSPS) is 14.1. The zero-order valence-corrected chi connectivity index (χ0v) is 14.6. The number of hydrogen-bond donors (Lipinski definition) is 1. The smallest absolute Gasteiger partial charge is 0.409 e. The van der Waals surface area contributed by atoms with Crippen molar-refractivity contribution in [3.05, 3.63) is 35.9 Å². The molecule has 1 aromatic rings. The van der Waals surface area contributed by atoms with Crippen LogP contribution in [0.3, 0.4) is 0 Å². The van der Waals surface area contributed by atoms with Crippen LogP contribution >= 0.6 is 0 Å². The van der Waals surface area contributed by atoms with Crippen LogP contribution in [0.1, 0.15) is 18.9 Å². The maximum atomic E-state index is 12.2. The van der Waals surface area contributed by atoms with Crippen molar-refractivity contribution in [1.82, 2.24) is 15.1 Å². The molecule has 1 N–H and O–H groups in total. The zero-order valence-electron chi connectivity index (χ0n) is 14.6. The monoisotopic (exact) mass is 347 g/mol. The van der Waals surface area contributed by atoms with Crippen molar-refractivity contribution in [1.29, 1.82) is 0 Å². The highest BCUT2D eigenvalue weighted by atomic mass is 16.6. The Morgan fingerprint density at radius 3 is 2.32 bits per heavy atom. The summed E-state index contributed by atoms with van der Waals surface area (Å²) >= 11 is 0. The van der Waals surface area contributed by atoms with E-state index in [0.29, 0.717) is 39.3 Å². The van der Waals surface area contributed by atoms with E-state index in [2.05, 4.69) is 5.32 Å². The van der Waals surface area contributed by atoms with Gasteiger partial charge in [0.15, 0.2) is 0 Å². The Hall–Kier alpha value is -2.57. The van der Waals surface area contributed by atoms with Crippen LogP contribution in [0.15, 0.2) is 30.3 Å². The molecule has 0 radical (unpaired) electrons. The topological polar surface area (TPSA) is 79.0 Å². The summed E-state index contributed by atoms with van der Waals surface area (Å²) in [6, 6.07) is 9.86. The van der Waals surface area contributed by atoms with E-state index in [9.17, 15) is 14.4 Å². The molecule has 0 unspecified atom stereocenters. The molecule has 0 spiro atoms. The van der Waals surface area contributed by atoms with E-state index in [0.717, 1.165) is 12.0 Å². The average Bonchev–Trinajstić information content (AvgIpc) is 2.63. The number of carbonyl (C=O) groups excluding carboxylic acids is 3. The highest BCUT2D eigenvalue weighted by Gasteiger charge is 2.25. The van der Waals surface area contributed by atoms with Gasteiger partial charge in [0.05, 0.1) is 6.61 Å². The Bertz CT molecular complexity index is 583. The van der Waals surface area contributed by atoms with Crippen molar-refractivity contribution in [3.63, 3.8) is 0 Å². The molecular formula is C18H25N3O4. The van der Waals surface area contributed by atoms with Gasteiger partial charge in [-0.15, -0.1) is 0 Å². The van der Waals surface area contributed by atoms with Crippen LogP contribution in [-0.4, -0.2) is 67.0 Å². The molecule has 0 aliphatic carbocycles. The third-order valence-corrected chi connectivity index (χ3v) is 4.05. The van der Waals surface area contributed by atoms with E-state index in [-0.39, 0.29) is 24.3 Å². The molecule has 136 valence electrons. The lowest BCUT2D eigenvalue weighted by Gasteiger charge is -2.34. The van der Waals surface area contributed by atoms with Gasteiger partial charge in [-0.25, -0.2) is 4.79 Å². The van der Waals surface area contributed by atoms with Gasteiger partial charge in [0.2, 0.25) is 11.8 Å². The lowest BCUT2D eigenvalue weighted by atomic mass is 10.1. The van der Waals surface area contributed by atoms with Crippen LogP contribution < -0.4 is 5.32 Å². The first-order valence-corrected chi connectivity index (χ1v) is 8.60. The van der Waals surface area contributed by atoms with E-state index in [1.807, 2.05) is 30.3 Å². The second kappa shape index (κ2) is 9.66. The fraction of sp³-hybridized carbons (Fsp3) is 0.500. The predicted octanol–water partition coefficient (Wildman–Crippen LogP) is 1.04. The summed E-state index contributed by atoms with van der Waals surface area (Å²) in [6.07, 6.45) is 0.223. The summed E-state index contributed by atoms with van der Waals surface area (Å²) < 4.78 is 4.94. The number of ether oxygens (including phenoxy) is 1. The number of amides is 3. The highest BCUT2D eigenvalue weighted by molar-refractivity contribution is 5.96. The van der Waals surface area contributed by atoms with Gasteiger partial charge in [0.1, 0.15) is 6.42 Å². The minimum Gasteiger partial charge on any atom is -0.450 e. The third-order valence-electron chi connectivity index (χ3n) is 4.05. The van der Waals surface area contributed by atoms with Crippen LogP contribution in [0.5, 0.6) is 0 Å². The molecule has 7 heteroatoms. The maximum absolute atomic E-state index is 12.2. The number of benzene rings is 1. The lowest BCUT2D eigenvalue weighted by Crippen LogP contribution is -2.51. The van der Waals surface area contributed by atoms with Gasteiger partial charge in [-0.1, -0.05) is 30.3 Å². The molecule has 1 aliphatic heterocycles. The SMILES string of the molecule is CCOC(=O)N1CCN(C(=O)CC(=O)NCCc2ccccc2)CC1. The summed E-state index contributed by atoms with van der Waals surface area (Å²) in [5, 5.41) is 2.77. The van der Waals surface area contributed by atoms with Crippen LogP contribution in [0.2, 0.25) is 0 Å². The molecule has 25 heavy (non-hydrogen) atoms. The van der Waals surface area contributed by atoms with Crippen molar-refractivity contribution in [2.45, 2.75) is 19.8 Å². The second-order valence-electron chi connectivity index (χ2n) is 5.83. The van der Waals surface area contributed by atoms with Gasteiger partial charge in [0.25, 0.3) is 0 Å². The van der Waals surface area contributed by atoms with Crippen molar-refractivity contribution in [2.75, 3.05) is 39.3 Å². The first kappa shape index (κ1) is 18.8. The van der Waals surface area contributed by atoms with E-state index >= 15 is 0 Å². The maximum Gasteiger partial charge on any atom is 0.409 e. The quantitative estimate of drug-likeness (QED) is 0.780.